The number of ether oxygens (including phenoxy) is 2. The number of nitrogens with zero attached hydrogens (tertiary/aromatic N) is 1. The number of thiocarbonyl (C=S) groups is 1. The van der Waals surface area contributed by atoms with Crippen LogP contribution in [0.2, 0.25) is 0 Å². The first kappa shape index (κ1) is 18.8. The van der Waals surface area contributed by atoms with Gasteiger partial charge in [-0.25, -0.2) is 0 Å². The summed E-state index contributed by atoms with van der Waals surface area (Å²) in [6.07, 6.45) is 7.33. The third kappa shape index (κ3) is 5.00. The second kappa shape index (κ2) is 9.72. The van der Waals surface area contributed by atoms with Crippen molar-refractivity contribution in [2.24, 2.45) is 0 Å². The summed E-state index contributed by atoms with van der Waals surface area (Å²) in [5, 5.41) is 4.30. The van der Waals surface area contributed by atoms with Gasteiger partial charge in [-0.1, -0.05) is 26.2 Å². The van der Waals surface area contributed by atoms with Gasteiger partial charge in [-0.3, -0.25) is 0 Å². The van der Waals surface area contributed by atoms with Crippen LogP contribution in [-0.4, -0.2) is 36.8 Å². The van der Waals surface area contributed by atoms with Gasteiger partial charge in [-0.05, 0) is 43.6 Å². The van der Waals surface area contributed by atoms with E-state index in [2.05, 4.69) is 23.2 Å². The molecule has 24 heavy (non-hydrogen) atoms. The van der Waals surface area contributed by atoms with E-state index in [1.807, 2.05) is 12.1 Å². The third-order valence-electron chi connectivity index (χ3n) is 4.67. The molecular formula is C19H30N2O2S. The van der Waals surface area contributed by atoms with Crippen LogP contribution < -0.4 is 14.8 Å². The van der Waals surface area contributed by atoms with E-state index in [0.717, 1.165) is 41.7 Å². The summed E-state index contributed by atoms with van der Waals surface area (Å²) < 4.78 is 10.9. The second-order valence-corrected chi connectivity index (χ2v) is 6.72. The fourth-order valence-electron chi connectivity index (χ4n) is 3.22. The topological polar surface area (TPSA) is 33.7 Å². The van der Waals surface area contributed by atoms with E-state index >= 15 is 0 Å². The van der Waals surface area contributed by atoms with Gasteiger partial charge in [0.1, 0.15) is 11.5 Å². The van der Waals surface area contributed by atoms with Gasteiger partial charge in [0.2, 0.25) is 0 Å². The monoisotopic (exact) mass is 350 g/mol. The molecular weight excluding hydrogens is 320 g/mol. The first-order valence-electron chi connectivity index (χ1n) is 8.95. The van der Waals surface area contributed by atoms with Gasteiger partial charge in [0.25, 0.3) is 0 Å². The van der Waals surface area contributed by atoms with Gasteiger partial charge in [-0.15, -0.1) is 0 Å². The standard InChI is InChI=1S/C19H30N2O2S/c1-4-5-12-20-19(24)21(16-8-6-7-9-16)14-15-10-11-17(22-2)13-18(15)23-3/h10-11,13,16H,4-9,12,14H2,1-3H3,(H,20,24). The SMILES string of the molecule is CCCCNC(=S)N(Cc1ccc(OC)cc1OC)C1CCCC1. The Morgan fingerprint density at radius 3 is 2.62 bits per heavy atom. The lowest BCUT2D eigenvalue weighted by Gasteiger charge is -2.32. The Balaban J connectivity index is 2.13. The summed E-state index contributed by atoms with van der Waals surface area (Å²) in [5.41, 5.74) is 1.14. The molecule has 5 heteroatoms. The number of hydrogen-bond acceptors (Lipinski definition) is 3. The van der Waals surface area contributed by atoms with Crippen LogP contribution >= 0.6 is 12.2 Å². The second-order valence-electron chi connectivity index (χ2n) is 6.33. The first-order valence-corrected chi connectivity index (χ1v) is 9.35. The largest absolute Gasteiger partial charge is 0.497 e. The van der Waals surface area contributed by atoms with Crippen molar-refractivity contribution in [1.82, 2.24) is 10.2 Å². The molecule has 2 rings (SSSR count). The van der Waals surface area contributed by atoms with Crippen molar-refractivity contribution in [2.45, 2.75) is 58.0 Å². The van der Waals surface area contributed by atoms with E-state index in [1.54, 1.807) is 14.2 Å². The van der Waals surface area contributed by atoms with Crippen LogP contribution in [-0.2, 0) is 6.54 Å². The number of nitrogens with one attached hydrogen (secondary N) is 1. The molecule has 0 atom stereocenters. The summed E-state index contributed by atoms with van der Waals surface area (Å²) in [6, 6.07) is 6.53. The molecule has 1 aliphatic rings. The Morgan fingerprint density at radius 2 is 2.00 bits per heavy atom. The quantitative estimate of drug-likeness (QED) is 0.563. The molecule has 0 spiro atoms. The highest BCUT2D eigenvalue weighted by Crippen LogP contribution is 2.29. The fourth-order valence-corrected chi connectivity index (χ4v) is 3.54. The Labute approximate surface area is 151 Å². The summed E-state index contributed by atoms with van der Waals surface area (Å²) in [6.45, 7) is 3.91. The van der Waals surface area contributed by atoms with Gasteiger partial charge < -0.3 is 19.7 Å². The van der Waals surface area contributed by atoms with Crippen molar-refractivity contribution < 1.29 is 9.47 Å². The van der Waals surface area contributed by atoms with Crippen LogP contribution in [0.15, 0.2) is 18.2 Å². The first-order chi connectivity index (χ1) is 11.7. The third-order valence-corrected chi connectivity index (χ3v) is 5.05. The summed E-state index contributed by atoms with van der Waals surface area (Å²) in [7, 11) is 3.38. The molecule has 0 radical (unpaired) electrons. The lowest BCUT2D eigenvalue weighted by Crippen LogP contribution is -2.44. The molecule has 1 aromatic carbocycles. The van der Waals surface area contributed by atoms with Gasteiger partial charge in [0, 0.05) is 30.8 Å². The van der Waals surface area contributed by atoms with Crippen LogP contribution in [0.1, 0.15) is 51.0 Å². The van der Waals surface area contributed by atoms with E-state index in [1.165, 1.54) is 32.1 Å². The molecule has 0 amide bonds. The van der Waals surface area contributed by atoms with Gasteiger partial charge in [0.15, 0.2) is 5.11 Å². The predicted octanol–water partition coefficient (Wildman–Crippen LogP) is 4.12. The van der Waals surface area contributed by atoms with Crippen molar-refractivity contribution in [3.05, 3.63) is 23.8 Å². The molecule has 0 unspecified atom stereocenters. The minimum absolute atomic E-state index is 0.526. The average Bonchev–Trinajstić information content (AvgIpc) is 3.14. The molecule has 0 aromatic heterocycles. The van der Waals surface area contributed by atoms with Crippen LogP contribution in [0.25, 0.3) is 0 Å². The highest BCUT2D eigenvalue weighted by atomic mass is 32.1. The van der Waals surface area contributed by atoms with Crippen LogP contribution in [0, 0.1) is 0 Å². The maximum Gasteiger partial charge on any atom is 0.169 e. The van der Waals surface area contributed by atoms with Crippen molar-refractivity contribution in [3.8, 4) is 11.5 Å². The number of hydrogen-bond donors (Lipinski definition) is 1. The highest BCUT2D eigenvalue weighted by Gasteiger charge is 2.25. The molecule has 0 saturated heterocycles. The van der Waals surface area contributed by atoms with Gasteiger partial charge in [-0.2, -0.15) is 0 Å². The van der Waals surface area contributed by atoms with E-state index in [-0.39, 0.29) is 0 Å². The van der Waals surface area contributed by atoms with E-state index in [0.29, 0.717) is 6.04 Å². The zero-order chi connectivity index (χ0) is 17.4. The molecule has 1 fully saturated rings. The molecule has 1 N–H and O–H groups in total. The molecule has 1 aliphatic carbocycles. The maximum absolute atomic E-state index is 5.70. The zero-order valence-corrected chi connectivity index (χ0v) is 16.0. The number of unbranched alkanes of at least 4 members (excludes halogenated alkanes) is 1. The molecule has 0 aliphatic heterocycles. The Hall–Kier alpha value is -1.49. The molecule has 1 aromatic rings. The summed E-state index contributed by atoms with van der Waals surface area (Å²) in [5.74, 6) is 1.67. The predicted molar refractivity (Wildman–Crippen MR) is 103 cm³/mol. The molecule has 0 bridgehead atoms. The van der Waals surface area contributed by atoms with Crippen LogP contribution in [0.3, 0.4) is 0 Å². The number of methoxy groups -OCH3 is 2. The normalized spacial score (nSPS) is 14.5. The van der Waals surface area contributed by atoms with Crippen LogP contribution in [0.4, 0.5) is 0 Å². The van der Waals surface area contributed by atoms with Gasteiger partial charge >= 0.3 is 0 Å². The summed E-state index contributed by atoms with van der Waals surface area (Å²) >= 11 is 5.70. The highest BCUT2D eigenvalue weighted by molar-refractivity contribution is 7.80. The van der Waals surface area contributed by atoms with E-state index < -0.39 is 0 Å². The Morgan fingerprint density at radius 1 is 1.25 bits per heavy atom. The van der Waals surface area contributed by atoms with Crippen molar-refractivity contribution in [3.63, 3.8) is 0 Å². The van der Waals surface area contributed by atoms with E-state index in [9.17, 15) is 0 Å². The minimum atomic E-state index is 0.526. The molecule has 1 saturated carbocycles. The molecule has 0 heterocycles. The van der Waals surface area contributed by atoms with Crippen molar-refractivity contribution >= 4 is 17.3 Å². The lowest BCUT2D eigenvalue weighted by atomic mass is 10.1. The maximum atomic E-state index is 5.70. The zero-order valence-electron chi connectivity index (χ0n) is 15.1. The lowest BCUT2D eigenvalue weighted by molar-refractivity contribution is 0.296. The molecule has 134 valence electrons. The Kier molecular flexibility index (Phi) is 7.63. The van der Waals surface area contributed by atoms with Gasteiger partial charge in [0.05, 0.1) is 14.2 Å². The summed E-state index contributed by atoms with van der Waals surface area (Å²) in [4.78, 5) is 2.35. The van der Waals surface area contributed by atoms with Crippen molar-refractivity contribution in [2.75, 3.05) is 20.8 Å². The number of rotatable bonds is 8. The number of benzene rings is 1. The van der Waals surface area contributed by atoms with Crippen LogP contribution in [0.5, 0.6) is 11.5 Å². The fraction of sp³-hybridized carbons (Fsp3) is 0.632. The minimum Gasteiger partial charge on any atom is -0.497 e. The van der Waals surface area contributed by atoms with Crippen molar-refractivity contribution in [1.29, 1.82) is 0 Å². The van der Waals surface area contributed by atoms with E-state index in [4.69, 9.17) is 21.7 Å². The Bertz CT molecular complexity index is 530. The molecule has 4 nitrogen and oxygen atoms in total. The average molecular weight is 351 g/mol. The smallest absolute Gasteiger partial charge is 0.169 e.